The Labute approximate surface area is 98.5 Å². The number of carbonyl (C=O) groups excluding carboxylic acids is 1. The number of alkyl halides is 1. The molecular formula is C9H13Cl2N3O. The van der Waals surface area contributed by atoms with Crippen LogP contribution in [0.4, 0.5) is 0 Å². The van der Waals surface area contributed by atoms with E-state index in [0.29, 0.717) is 10.7 Å². The van der Waals surface area contributed by atoms with Gasteiger partial charge in [0.25, 0.3) is 5.91 Å². The normalized spacial score (nSPS) is 14.7. The number of rotatable bonds is 3. The molecule has 6 heteroatoms. The Morgan fingerprint density at radius 3 is 2.60 bits per heavy atom. The van der Waals surface area contributed by atoms with Gasteiger partial charge in [-0.25, -0.2) is 0 Å². The van der Waals surface area contributed by atoms with Gasteiger partial charge in [-0.15, -0.1) is 11.6 Å². The van der Waals surface area contributed by atoms with Gasteiger partial charge >= 0.3 is 0 Å². The zero-order chi connectivity index (χ0) is 11.6. The van der Waals surface area contributed by atoms with Gasteiger partial charge in [0.05, 0.1) is 16.6 Å². The van der Waals surface area contributed by atoms with Crippen LogP contribution in [0.1, 0.15) is 24.3 Å². The van der Waals surface area contributed by atoms with Crippen LogP contribution in [0.15, 0.2) is 6.20 Å². The monoisotopic (exact) mass is 249 g/mol. The van der Waals surface area contributed by atoms with E-state index in [1.54, 1.807) is 7.05 Å². The Kier molecular flexibility index (Phi) is 3.99. The summed E-state index contributed by atoms with van der Waals surface area (Å²) in [5, 5.41) is 6.83. The SMILES string of the molecule is CC(Cl)C(C)NC(=O)c1c(Cl)cnn1C. The Morgan fingerprint density at radius 2 is 2.20 bits per heavy atom. The highest BCUT2D eigenvalue weighted by Gasteiger charge is 2.19. The van der Waals surface area contributed by atoms with Crippen LogP contribution in [0, 0.1) is 0 Å². The molecule has 0 aromatic carbocycles. The first kappa shape index (κ1) is 12.3. The fourth-order valence-corrected chi connectivity index (χ4v) is 1.37. The lowest BCUT2D eigenvalue weighted by atomic mass is 10.2. The summed E-state index contributed by atoms with van der Waals surface area (Å²) in [6.45, 7) is 3.65. The van der Waals surface area contributed by atoms with Crippen LogP contribution in [0.2, 0.25) is 5.02 Å². The molecule has 0 aliphatic heterocycles. The van der Waals surface area contributed by atoms with E-state index >= 15 is 0 Å². The molecule has 2 unspecified atom stereocenters. The third kappa shape index (κ3) is 2.86. The van der Waals surface area contributed by atoms with Crippen molar-refractivity contribution in [2.24, 2.45) is 7.05 Å². The maximum atomic E-state index is 11.7. The maximum absolute atomic E-state index is 11.7. The van der Waals surface area contributed by atoms with Crippen molar-refractivity contribution in [1.29, 1.82) is 0 Å². The fourth-order valence-electron chi connectivity index (χ4n) is 1.06. The molecule has 0 saturated carbocycles. The van der Waals surface area contributed by atoms with Crippen molar-refractivity contribution in [3.8, 4) is 0 Å². The molecule has 0 saturated heterocycles. The smallest absolute Gasteiger partial charge is 0.271 e. The second-order valence-electron chi connectivity index (χ2n) is 3.40. The van der Waals surface area contributed by atoms with Crippen molar-refractivity contribution >= 4 is 29.1 Å². The fraction of sp³-hybridized carbons (Fsp3) is 0.556. The first-order chi connectivity index (χ1) is 6.93. The molecular weight excluding hydrogens is 237 g/mol. The molecule has 1 N–H and O–H groups in total. The summed E-state index contributed by atoms with van der Waals surface area (Å²) in [7, 11) is 1.66. The number of hydrogen-bond donors (Lipinski definition) is 1. The Balaban J connectivity index is 2.78. The zero-order valence-corrected chi connectivity index (χ0v) is 10.3. The Hall–Kier alpha value is -0.740. The van der Waals surface area contributed by atoms with Gasteiger partial charge in [-0.3, -0.25) is 9.48 Å². The lowest BCUT2D eigenvalue weighted by molar-refractivity contribution is 0.0930. The van der Waals surface area contributed by atoms with Gasteiger partial charge in [0, 0.05) is 13.1 Å². The number of amides is 1. The van der Waals surface area contributed by atoms with Gasteiger partial charge in [-0.2, -0.15) is 5.10 Å². The van der Waals surface area contributed by atoms with Crippen LogP contribution in [0.5, 0.6) is 0 Å². The number of nitrogens with one attached hydrogen (secondary N) is 1. The first-order valence-corrected chi connectivity index (χ1v) is 5.37. The van der Waals surface area contributed by atoms with Gasteiger partial charge in [-0.1, -0.05) is 11.6 Å². The third-order valence-electron chi connectivity index (χ3n) is 2.16. The van der Waals surface area contributed by atoms with E-state index in [9.17, 15) is 4.79 Å². The number of aryl methyl sites for hydroxylation is 1. The minimum atomic E-state index is -0.264. The largest absolute Gasteiger partial charge is 0.347 e. The van der Waals surface area contributed by atoms with Crippen molar-refractivity contribution in [2.75, 3.05) is 0 Å². The van der Waals surface area contributed by atoms with E-state index in [1.165, 1.54) is 10.9 Å². The lowest BCUT2D eigenvalue weighted by Gasteiger charge is -2.15. The maximum Gasteiger partial charge on any atom is 0.271 e. The molecule has 1 aromatic rings. The molecule has 84 valence electrons. The second kappa shape index (κ2) is 4.86. The first-order valence-electron chi connectivity index (χ1n) is 4.56. The van der Waals surface area contributed by atoms with Crippen molar-refractivity contribution in [3.63, 3.8) is 0 Å². The van der Waals surface area contributed by atoms with Crippen LogP contribution in [-0.2, 0) is 7.05 Å². The minimum Gasteiger partial charge on any atom is -0.347 e. The van der Waals surface area contributed by atoms with Gasteiger partial charge in [0.15, 0.2) is 0 Å². The molecule has 1 amide bonds. The zero-order valence-electron chi connectivity index (χ0n) is 8.79. The molecule has 0 fully saturated rings. The standard InChI is InChI=1S/C9H13Cl2N3O/c1-5(10)6(2)13-9(15)8-7(11)4-12-14(8)3/h4-6H,1-3H3,(H,13,15). The summed E-state index contributed by atoms with van der Waals surface area (Å²) < 4.78 is 1.43. The molecule has 1 aromatic heterocycles. The van der Waals surface area contributed by atoms with Gasteiger partial charge in [-0.05, 0) is 13.8 Å². The summed E-state index contributed by atoms with van der Waals surface area (Å²) >= 11 is 11.7. The van der Waals surface area contributed by atoms with E-state index in [-0.39, 0.29) is 17.3 Å². The molecule has 0 aliphatic rings. The summed E-state index contributed by atoms with van der Waals surface area (Å²) in [6, 6.07) is -0.120. The van der Waals surface area contributed by atoms with Crippen molar-refractivity contribution in [2.45, 2.75) is 25.3 Å². The Morgan fingerprint density at radius 1 is 1.60 bits per heavy atom. The van der Waals surface area contributed by atoms with Crippen LogP contribution >= 0.6 is 23.2 Å². The minimum absolute atomic E-state index is 0.120. The summed E-state index contributed by atoms with van der Waals surface area (Å²) in [4.78, 5) is 11.7. The van der Waals surface area contributed by atoms with Crippen LogP contribution in [0.25, 0.3) is 0 Å². The van der Waals surface area contributed by atoms with E-state index in [1.807, 2.05) is 13.8 Å². The van der Waals surface area contributed by atoms with E-state index in [2.05, 4.69) is 10.4 Å². The number of nitrogens with zero attached hydrogens (tertiary/aromatic N) is 2. The van der Waals surface area contributed by atoms with Crippen LogP contribution in [-0.4, -0.2) is 27.1 Å². The molecule has 4 nitrogen and oxygen atoms in total. The highest BCUT2D eigenvalue weighted by atomic mass is 35.5. The number of carbonyl (C=O) groups is 1. The van der Waals surface area contributed by atoms with Gasteiger partial charge in [0.2, 0.25) is 0 Å². The summed E-state index contributed by atoms with van der Waals surface area (Å²) in [5.74, 6) is -0.264. The molecule has 15 heavy (non-hydrogen) atoms. The van der Waals surface area contributed by atoms with Crippen LogP contribution in [0.3, 0.4) is 0 Å². The predicted octanol–water partition coefficient (Wildman–Crippen LogP) is 1.82. The molecule has 2 atom stereocenters. The molecule has 1 rings (SSSR count). The second-order valence-corrected chi connectivity index (χ2v) is 4.50. The highest BCUT2D eigenvalue weighted by molar-refractivity contribution is 6.33. The van der Waals surface area contributed by atoms with Crippen LogP contribution < -0.4 is 5.32 Å². The van der Waals surface area contributed by atoms with Gasteiger partial charge < -0.3 is 5.32 Å². The van der Waals surface area contributed by atoms with Crippen molar-refractivity contribution in [3.05, 3.63) is 16.9 Å². The number of hydrogen-bond acceptors (Lipinski definition) is 2. The highest BCUT2D eigenvalue weighted by Crippen LogP contribution is 2.14. The summed E-state index contributed by atoms with van der Waals surface area (Å²) in [6.07, 6.45) is 1.44. The van der Waals surface area contributed by atoms with E-state index in [0.717, 1.165) is 0 Å². The average Bonchev–Trinajstić information content (AvgIpc) is 2.45. The Bertz CT molecular complexity index is 343. The lowest BCUT2D eigenvalue weighted by Crippen LogP contribution is -2.38. The van der Waals surface area contributed by atoms with E-state index in [4.69, 9.17) is 23.2 Å². The average molecular weight is 250 g/mol. The molecule has 0 bridgehead atoms. The third-order valence-corrected chi connectivity index (χ3v) is 2.81. The summed E-state index contributed by atoms with van der Waals surface area (Å²) in [5.41, 5.74) is 0.348. The molecule has 1 heterocycles. The van der Waals surface area contributed by atoms with Crippen molar-refractivity contribution in [1.82, 2.24) is 15.1 Å². The van der Waals surface area contributed by atoms with E-state index < -0.39 is 0 Å². The van der Waals surface area contributed by atoms with Gasteiger partial charge in [0.1, 0.15) is 5.69 Å². The topological polar surface area (TPSA) is 46.9 Å². The predicted molar refractivity (Wildman–Crippen MR) is 60.5 cm³/mol. The van der Waals surface area contributed by atoms with Crippen molar-refractivity contribution < 1.29 is 4.79 Å². The molecule has 0 radical (unpaired) electrons. The number of halogens is 2. The number of aromatic nitrogens is 2. The molecule has 0 aliphatic carbocycles. The molecule has 0 spiro atoms. The quantitative estimate of drug-likeness (QED) is 0.832.